The largest absolute Gasteiger partial charge is 0.462 e. The number of ether oxygens (including phenoxy) is 1. The van der Waals surface area contributed by atoms with E-state index in [4.69, 9.17) is 10.5 Å². The minimum atomic E-state index is -0.469. The van der Waals surface area contributed by atoms with Crippen molar-refractivity contribution in [3.63, 3.8) is 0 Å². The molecule has 0 unspecified atom stereocenters. The van der Waals surface area contributed by atoms with Crippen LogP contribution < -0.4 is 11.4 Å². The molecular formula is C12H14N4O3S. The third-order valence-electron chi connectivity index (χ3n) is 2.60. The predicted octanol–water partition coefficient (Wildman–Crippen LogP) is 1.02. The van der Waals surface area contributed by atoms with Crippen LogP contribution in [0.3, 0.4) is 0 Å². The Hall–Kier alpha value is -2.22. The van der Waals surface area contributed by atoms with Gasteiger partial charge in [-0.2, -0.15) is 0 Å². The van der Waals surface area contributed by atoms with Crippen LogP contribution in [0.1, 0.15) is 17.3 Å². The van der Waals surface area contributed by atoms with Crippen molar-refractivity contribution < 1.29 is 9.53 Å². The zero-order chi connectivity index (χ0) is 14.7. The number of carbonyl (C=O) groups excluding carboxylic acids is 1. The van der Waals surface area contributed by atoms with Crippen molar-refractivity contribution in [2.75, 3.05) is 12.3 Å². The highest BCUT2D eigenvalue weighted by Gasteiger charge is 2.15. The number of para-hydroxylation sites is 1. The summed E-state index contributed by atoms with van der Waals surface area (Å²) in [6, 6.07) is 5.05. The molecule has 0 aliphatic heterocycles. The van der Waals surface area contributed by atoms with Crippen LogP contribution in [0.5, 0.6) is 0 Å². The summed E-state index contributed by atoms with van der Waals surface area (Å²) in [5.74, 6) is -0.469. The zero-order valence-corrected chi connectivity index (χ0v) is 11.9. The van der Waals surface area contributed by atoms with E-state index in [1.807, 2.05) is 0 Å². The number of nitrogen functional groups attached to an aromatic ring is 1. The Morgan fingerprint density at radius 3 is 2.90 bits per heavy atom. The lowest BCUT2D eigenvalue weighted by molar-refractivity contribution is 0.0527. The Labute approximate surface area is 119 Å². The van der Waals surface area contributed by atoms with E-state index in [9.17, 15) is 9.59 Å². The molecule has 0 radical (unpaired) electrons. The van der Waals surface area contributed by atoms with Gasteiger partial charge in [0.05, 0.1) is 17.9 Å². The van der Waals surface area contributed by atoms with Gasteiger partial charge in [0.15, 0.2) is 5.16 Å². The molecule has 0 saturated carbocycles. The van der Waals surface area contributed by atoms with E-state index in [2.05, 4.69) is 10.2 Å². The van der Waals surface area contributed by atoms with Crippen molar-refractivity contribution in [1.29, 1.82) is 0 Å². The van der Waals surface area contributed by atoms with Gasteiger partial charge in [-0.05, 0) is 30.8 Å². The summed E-state index contributed by atoms with van der Waals surface area (Å²) < 4.78 is 6.30. The highest BCUT2D eigenvalue weighted by molar-refractivity contribution is 7.99. The number of esters is 1. The first-order valence-corrected chi connectivity index (χ1v) is 6.71. The van der Waals surface area contributed by atoms with Gasteiger partial charge in [-0.15, -0.1) is 5.10 Å². The van der Waals surface area contributed by atoms with Gasteiger partial charge in [0.1, 0.15) is 0 Å². The van der Waals surface area contributed by atoms with E-state index in [0.717, 1.165) is 0 Å². The average Bonchev–Trinajstić information content (AvgIpc) is 2.73. The van der Waals surface area contributed by atoms with Gasteiger partial charge in [-0.3, -0.25) is 4.57 Å². The third kappa shape index (κ3) is 2.69. The molecule has 0 fully saturated rings. The number of H-pyrrole nitrogens is 1. The molecule has 0 atom stereocenters. The molecule has 3 N–H and O–H groups in total. The fourth-order valence-electron chi connectivity index (χ4n) is 1.54. The number of aromatic nitrogens is 3. The molecule has 0 bridgehead atoms. The Morgan fingerprint density at radius 2 is 2.30 bits per heavy atom. The van der Waals surface area contributed by atoms with Gasteiger partial charge in [0, 0.05) is 11.9 Å². The van der Waals surface area contributed by atoms with E-state index < -0.39 is 5.97 Å². The molecule has 0 amide bonds. The summed E-state index contributed by atoms with van der Waals surface area (Å²) in [5.41, 5.74) is 6.27. The van der Waals surface area contributed by atoms with Crippen molar-refractivity contribution in [3.8, 4) is 0 Å². The highest BCUT2D eigenvalue weighted by atomic mass is 32.2. The zero-order valence-electron chi connectivity index (χ0n) is 11.0. The van der Waals surface area contributed by atoms with Crippen LogP contribution in [0.15, 0.2) is 33.0 Å². The quantitative estimate of drug-likeness (QED) is 0.644. The maximum atomic E-state index is 11.8. The number of carbonyl (C=O) groups is 1. The standard InChI is InChI=1S/C12H14N4O3S/c1-3-19-10(17)7-5-4-6-8(9(7)13)20-12-15-14-11(18)16(12)2/h4-6H,3,13H2,1-2H3,(H,14,18). The van der Waals surface area contributed by atoms with Gasteiger partial charge in [0.2, 0.25) is 0 Å². The van der Waals surface area contributed by atoms with Crippen molar-refractivity contribution in [3.05, 3.63) is 34.2 Å². The highest BCUT2D eigenvalue weighted by Crippen LogP contribution is 2.32. The van der Waals surface area contributed by atoms with Crippen LogP contribution in [-0.4, -0.2) is 27.3 Å². The summed E-state index contributed by atoms with van der Waals surface area (Å²) >= 11 is 1.20. The number of benzene rings is 1. The smallest absolute Gasteiger partial charge is 0.343 e. The molecule has 1 aromatic heterocycles. The van der Waals surface area contributed by atoms with E-state index in [1.54, 1.807) is 32.2 Å². The molecule has 7 nitrogen and oxygen atoms in total. The van der Waals surface area contributed by atoms with Crippen molar-refractivity contribution in [1.82, 2.24) is 14.8 Å². The first-order valence-electron chi connectivity index (χ1n) is 5.89. The second-order valence-electron chi connectivity index (χ2n) is 3.91. The van der Waals surface area contributed by atoms with E-state index in [-0.39, 0.29) is 12.3 Å². The van der Waals surface area contributed by atoms with Gasteiger partial charge in [0.25, 0.3) is 0 Å². The fourth-order valence-corrected chi connectivity index (χ4v) is 2.42. The van der Waals surface area contributed by atoms with Crippen molar-refractivity contribution in [2.45, 2.75) is 17.0 Å². The normalized spacial score (nSPS) is 10.5. The summed E-state index contributed by atoms with van der Waals surface area (Å²) in [4.78, 5) is 23.7. The molecule has 8 heteroatoms. The van der Waals surface area contributed by atoms with Crippen LogP contribution in [0.25, 0.3) is 0 Å². The Morgan fingerprint density at radius 1 is 1.55 bits per heavy atom. The van der Waals surface area contributed by atoms with Gasteiger partial charge in [-0.1, -0.05) is 6.07 Å². The number of nitrogens with zero attached hydrogens (tertiary/aromatic N) is 2. The van der Waals surface area contributed by atoms with Gasteiger partial charge in [-0.25, -0.2) is 14.7 Å². The van der Waals surface area contributed by atoms with Crippen LogP contribution >= 0.6 is 11.8 Å². The molecule has 1 aromatic carbocycles. The molecule has 0 spiro atoms. The molecule has 20 heavy (non-hydrogen) atoms. The number of nitrogens with one attached hydrogen (secondary N) is 1. The van der Waals surface area contributed by atoms with Crippen molar-refractivity contribution in [2.24, 2.45) is 7.05 Å². The fraction of sp³-hybridized carbons (Fsp3) is 0.250. The number of anilines is 1. The predicted molar refractivity (Wildman–Crippen MR) is 74.8 cm³/mol. The second kappa shape index (κ2) is 5.83. The summed E-state index contributed by atoms with van der Waals surface area (Å²) in [5, 5.41) is 6.68. The SMILES string of the molecule is CCOC(=O)c1cccc(Sc2n[nH]c(=O)n2C)c1N. The lowest BCUT2D eigenvalue weighted by Gasteiger charge is -2.09. The van der Waals surface area contributed by atoms with Crippen LogP contribution in [0, 0.1) is 0 Å². The van der Waals surface area contributed by atoms with Crippen LogP contribution in [0.4, 0.5) is 5.69 Å². The first-order chi connectivity index (χ1) is 9.54. The van der Waals surface area contributed by atoms with Crippen molar-refractivity contribution >= 4 is 23.4 Å². The number of nitrogens with two attached hydrogens (primary N) is 1. The summed E-state index contributed by atoms with van der Waals surface area (Å²) in [6.07, 6.45) is 0. The molecule has 2 rings (SSSR count). The number of hydrogen-bond acceptors (Lipinski definition) is 6. The summed E-state index contributed by atoms with van der Waals surface area (Å²) in [7, 11) is 1.60. The van der Waals surface area contributed by atoms with Crippen LogP contribution in [0.2, 0.25) is 0 Å². The Bertz CT molecular complexity index is 692. The number of aromatic amines is 1. The Balaban J connectivity index is 2.34. The molecule has 106 valence electrons. The minimum Gasteiger partial charge on any atom is -0.462 e. The lowest BCUT2D eigenvalue weighted by Crippen LogP contribution is -2.13. The third-order valence-corrected chi connectivity index (χ3v) is 3.73. The monoisotopic (exact) mass is 294 g/mol. The maximum absolute atomic E-state index is 11.8. The molecule has 0 aliphatic rings. The number of hydrogen-bond donors (Lipinski definition) is 2. The molecule has 1 heterocycles. The van der Waals surface area contributed by atoms with E-state index in [0.29, 0.717) is 21.3 Å². The average molecular weight is 294 g/mol. The van der Waals surface area contributed by atoms with Gasteiger partial charge < -0.3 is 10.5 Å². The number of rotatable bonds is 4. The molecule has 2 aromatic rings. The second-order valence-corrected chi connectivity index (χ2v) is 4.92. The topological polar surface area (TPSA) is 103 Å². The molecule has 0 aliphatic carbocycles. The van der Waals surface area contributed by atoms with E-state index >= 15 is 0 Å². The van der Waals surface area contributed by atoms with Gasteiger partial charge >= 0.3 is 11.7 Å². The van der Waals surface area contributed by atoms with E-state index in [1.165, 1.54) is 16.3 Å². The minimum absolute atomic E-state index is 0.281. The lowest BCUT2D eigenvalue weighted by atomic mass is 10.2. The summed E-state index contributed by atoms with van der Waals surface area (Å²) in [6.45, 7) is 2.01. The molecular weight excluding hydrogens is 280 g/mol. The molecule has 0 saturated heterocycles. The first kappa shape index (κ1) is 14.2. The van der Waals surface area contributed by atoms with Crippen LogP contribution in [-0.2, 0) is 11.8 Å². The maximum Gasteiger partial charge on any atom is 0.343 e. The Kier molecular flexibility index (Phi) is 4.14.